The van der Waals surface area contributed by atoms with Crippen molar-refractivity contribution in [2.24, 2.45) is 11.1 Å². The molecular weight excluding hydrogens is 330 g/mol. The van der Waals surface area contributed by atoms with Crippen LogP contribution in [0, 0.1) is 5.41 Å². The van der Waals surface area contributed by atoms with Gasteiger partial charge in [0, 0.05) is 36.5 Å². The molecule has 8 heteroatoms. The fraction of sp³-hybridized carbons (Fsp3) is 0.556. The third kappa shape index (κ3) is 2.60. The maximum atomic E-state index is 12.0. The molecule has 8 nitrogen and oxygen atoms in total. The van der Waals surface area contributed by atoms with Gasteiger partial charge in [-0.3, -0.25) is 9.89 Å². The Morgan fingerprint density at radius 2 is 2.08 bits per heavy atom. The summed E-state index contributed by atoms with van der Waals surface area (Å²) in [5, 5.41) is 10.7. The molecule has 2 aliphatic carbocycles. The Balaban J connectivity index is 1.36. The van der Waals surface area contributed by atoms with Gasteiger partial charge in [-0.15, -0.1) is 0 Å². The van der Waals surface area contributed by atoms with E-state index in [9.17, 15) is 4.79 Å². The number of hydrogen-bond acceptors (Lipinski definition) is 6. The number of fused-ring (bicyclic) bond motifs is 3. The number of carbonyl (C=O) groups excluding carboxylic acids is 1. The van der Waals surface area contributed by atoms with Gasteiger partial charge in [-0.1, -0.05) is 0 Å². The van der Waals surface area contributed by atoms with Crippen molar-refractivity contribution in [3.63, 3.8) is 0 Å². The first-order chi connectivity index (χ1) is 12.6. The summed E-state index contributed by atoms with van der Waals surface area (Å²) in [5.41, 5.74) is 6.46. The molecule has 0 spiro atoms. The van der Waals surface area contributed by atoms with Gasteiger partial charge in [0.1, 0.15) is 5.82 Å². The van der Waals surface area contributed by atoms with Crippen LogP contribution in [0.1, 0.15) is 50.1 Å². The maximum absolute atomic E-state index is 12.0. The number of aromatic amines is 1. The van der Waals surface area contributed by atoms with Crippen molar-refractivity contribution in [2.75, 3.05) is 16.8 Å². The van der Waals surface area contributed by atoms with Crippen LogP contribution in [0.25, 0.3) is 0 Å². The number of anilines is 3. The molecule has 4 fully saturated rings. The van der Waals surface area contributed by atoms with Crippen LogP contribution in [0.3, 0.4) is 0 Å². The first-order valence-electron chi connectivity index (χ1n) is 9.35. The molecule has 0 aromatic carbocycles. The summed E-state index contributed by atoms with van der Waals surface area (Å²) < 4.78 is 0. The number of nitrogens with two attached hydrogens (primary N) is 1. The Labute approximate surface area is 151 Å². The second-order valence-corrected chi connectivity index (χ2v) is 7.85. The Hall–Kier alpha value is -2.64. The highest BCUT2D eigenvalue weighted by Gasteiger charge is 2.49. The zero-order valence-electron chi connectivity index (χ0n) is 14.6. The van der Waals surface area contributed by atoms with Crippen LogP contribution in [0.4, 0.5) is 17.6 Å². The monoisotopic (exact) mass is 353 g/mol. The van der Waals surface area contributed by atoms with E-state index in [4.69, 9.17) is 5.73 Å². The number of primary amides is 1. The number of hydrogen-bond donors (Lipinski definition) is 3. The number of piperidine rings is 2. The van der Waals surface area contributed by atoms with Crippen molar-refractivity contribution in [1.82, 2.24) is 20.2 Å². The molecule has 2 bridgehead atoms. The molecule has 0 atom stereocenters. The molecule has 0 radical (unpaired) electrons. The minimum atomic E-state index is -0.428. The van der Waals surface area contributed by atoms with Crippen molar-refractivity contribution in [3.05, 3.63) is 24.0 Å². The van der Waals surface area contributed by atoms with Gasteiger partial charge in [-0.05, 0) is 44.6 Å². The molecular formula is C18H23N7O. The highest BCUT2D eigenvalue weighted by molar-refractivity contribution is 5.82. The molecule has 4 N–H and O–H groups in total. The topological polar surface area (TPSA) is 113 Å². The number of H-pyrrole nitrogens is 1. The molecule has 2 saturated heterocycles. The van der Waals surface area contributed by atoms with Crippen LogP contribution in [0.15, 0.2) is 18.3 Å². The van der Waals surface area contributed by atoms with Gasteiger partial charge in [0.15, 0.2) is 5.82 Å². The molecule has 26 heavy (non-hydrogen) atoms. The molecule has 4 aliphatic rings. The average Bonchev–Trinajstić information content (AvgIpc) is 3.42. The van der Waals surface area contributed by atoms with Crippen LogP contribution in [0.2, 0.25) is 0 Å². The summed E-state index contributed by atoms with van der Waals surface area (Å²) >= 11 is 0. The lowest BCUT2D eigenvalue weighted by Crippen LogP contribution is -2.59. The molecule has 1 amide bonds. The maximum Gasteiger partial charge on any atom is 0.227 e. The highest BCUT2D eigenvalue weighted by atomic mass is 16.1. The number of nitrogens with one attached hydrogen (secondary N) is 2. The van der Waals surface area contributed by atoms with E-state index in [-0.39, 0.29) is 5.91 Å². The Morgan fingerprint density at radius 1 is 1.27 bits per heavy atom. The Bertz CT molecular complexity index is 836. The number of carbonyl (C=O) groups is 1. The lowest BCUT2D eigenvalue weighted by atomic mass is 9.67. The first-order valence-corrected chi connectivity index (χ1v) is 9.35. The number of amides is 1. The fourth-order valence-electron chi connectivity index (χ4n) is 4.33. The molecule has 2 aromatic heterocycles. The predicted molar refractivity (Wildman–Crippen MR) is 97.1 cm³/mol. The summed E-state index contributed by atoms with van der Waals surface area (Å²) in [4.78, 5) is 23.3. The van der Waals surface area contributed by atoms with Gasteiger partial charge >= 0.3 is 0 Å². The molecule has 2 saturated carbocycles. The Kier molecular flexibility index (Phi) is 3.41. The van der Waals surface area contributed by atoms with E-state index in [0.29, 0.717) is 30.3 Å². The van der Waals surface area contributed by atoms with Crippen molar-refractivity contribution in [1.29, 1.82) is 0 Å². The predicted octanol–water partition coefficient (Wildman–Crippen LogP) is 2.05. The van der Waals surface area contributed by atoms with Crippen LogP contribution < -0.4 is 16.0 Å². The van der Waals surface area contributed by atoms with Crippen LogP contribution in [0.5, 0.6) is 0 Å². The van der Waals surface area contributed by atoms with Gasteiger partial charge < -0.3 is 16.0 Å². The quantitative estimate of drug-likeness (QED) is 0.758. The molecule has 0 unspecified atom stereocenters. The van der Waals surface area contributed by atoms with Gasteiger partial charge in [0.2, 0.25) is 11.9 Å². The first kappa shape index (κ1) is 15.6. The summed E-state index contributed by atoms with van der Waals surface area (Å²) in [6.45, 7) is 0.616. The third-order valence-electron chi connectivity index (χ3n) is 6.12. The third-order valence-corrected chi connectivity index (χ3v) is 6.12. The van der Waals surface area contributed by atoms with Crippen molar-refractivity contribution in [3.8, 4) is 0 Å². The second-order valence-electron chi connectivity index (χ2n) is 7.85. The van der Waals surface area contributed by atoms with Gasteiger partial charge in [0.25, 0.3) is 0 Å². The number of nitrogens with zero attached hydrogens (tertiary/aromatic N) is 4. The van der Waals surface area contributed by atoms with Gasteiger partial charge in [-0.25, -0.2) is 4.98 Å². The van der Waals surface area contributed by atoms with Crippen LogP contribution in [-0.2, 0) is 4.79 Å². The lowest BCUT2D eigenvalue weighted by Gasteiger charge is -2.51. The van der Waals surface area contributed by atoms with Gasteiger partial charge in [-0.2, -0.15) is 10.1 Å². The van der Waals surface area contributed by atoms with E-state index in [1.165, 1.54) is 18.5 Å². The second kappa shape index (κ2) is 5.69. The molecule has 2 aromatic rings. The minimum absolute atomic E-state index is 0.195. The van der Waals surface area contributed by atoms with E-state index in [1.807, 2.05) is 12.1 Å². The zero-order chi connectivity index (χ0) is 17.7. The highest BCUT2D eigenvalue weighted by Crippen LogP contribution is 2.45. The van der Waals surface area contributed by atoms with Gasteiger partial charge in [0.05, 0.1) is 5.41 Å². The van der Waals surface area contributed by atoms with Crippen molar-refractivity contribution in [2.45, 2.75) is 50.5 Å². The standard InChI is InChI=1S/C18H23N7O/c19-16(26)18-6-3-12(4-7-18)25(10-18)17-20-8-5-14(22-17)21-15-9-13(23-24-15)11-1-2-11/h5,8-9,11-12H,1-4,6-7,10H2,(H2,19,26)(H2,20,21,22,23,24). The summed E-state index contributed by atoms with van der Waals surface area (Å²) in [6.07, 6.45) is 7.90. The van der Waals surface area contributed by atoms with Crippen molar-refractivity contribution < 1.29 is 4.79 Å². The molecule has 2 aliphatic heterocycles. The van der Waals surface area contributed by atoms with E-state index in [0.717, 1.165) is 31.5 Å². The number of rotatable bonds is 5. The molecule has 136 valence electrons. The SMILES string of the molecule is NC(=O)C12CCC(CC1)N(c1nccc(Nc3cc(C4CC4)[nH]n3)n1)C2. The molecule has 4 heterocycles. The molecule has 6 rings (SSSR count). The minimum Gasteiger partial charge on any atom is -0.369 e. The Morgan fingerprint density at radius 3 is 2.81 bits per heavy atom. The smallest absolute Gasteiger partial charge is 0.227 e. The summed E-state index contributed by atoms with van der Waals surface area (Å²) in [7, 11) is 0. The average molecular weight is 353 g/mol. The summed E-state index contributed by atoms with van der Waals surface area (Å²) in [6, 6.07) is 4.27. The fourth-order valence-corrected chi connectivity index (χ4v) is 4.33. The zero-order valence-corrected chi connectivity index (χ0v) is 14.6. The van der Waals surface area contributed by atoms with E-state index >= 15 is 0 Å². The largest absolute Gasteiger partial charge is 0.369 e. The van der Waals surface area contributed by atoms with E-state index in [2.05, 4.69) is 30.4 Å². The normalized spacial score (nSPS) is 27.5. The van der Waals surface area contributed by atoms with Crippen LogP contribution in [-0.4, -0.2) is 38.7 Å². The van der Waals surface area contributed by atoms with E-state index in [1.54, 1.807) is 6.20 Å². The lowest BCUT2D eigenvalue weighted by molar-refractivity contribution is -0.130. The summed E-state index contributed by atoms with van der Waals surface area (Å²) in [5.74, 6) is 2.57. The van der Waals surface area contributed by atoms with Crippen molar-refractivity contribution >= 4 is 23.5 Å². The van der Waals surface area contributed by atoms with Crippen LogP contribution >= 0.6 is 0 Å². The number of aromatic nitrogens is 4. The van der Waals surface area contributed by atoms with E-state index < -0.39 is 5.41 Å².